The highest BCUT2D eigenvalue weighted by Crippen LogP contribution is 2.35. The Morgan fingerprint density at radius 2 is 1.84 bits per heavy atom. The predicted molar refractivity (Wildman–Crippen MR) is 118 cm³/mol. The lowest BCUT2D eigenvalue weighted by atomic mass is 9.99. The fraction of sp³-hybridized carbons (Fsp3) is 0.409. The van der Waals surface area contributed by atoms with E-state index in [9.17, 15) is 20.4 Å². The number of H-pyrrole nitrogens is 1. The number of methoxy groups -OCH3 is 1. The van der Waals surface area contributed by atoms with Gasteiger partial charge < -0.3 is 34.6 Å². The number of hydrogen-bond acceptors (Lipinski definition) is 9. The summed E-state index contributed by atoms with van der Waals surface area (Å²) in [4.78, 5) is 1.05. The van der Waals surface area contributed by atoms with Gasteiger partial charge in [-0.05, 0) is 48.9 Å². The van der Waals surface area contributed by atoms with Crippen molar-refractivity contribution in [1.82, 2.24) is 10.2 Å². The van der Waals surface area contributed by atoms with Gasteiger partial charge in [0.05, 0.1) is 30.3 Å². The van der Waals surface area contributed by atoms with E-state index in [0.29, 0.717) is 17.0 Å². The molecule has 0 saturated carbocycles. The zero-order chi connectivity index (χ0) is 22.8. The third-order valence-electron chi connectivity index (χ3n) is 5.37. The lowest BCUT2D eigenvalue weighted by Crippen LogP contribution is -2.60. The van der Waals surface area contributed by atoms with E-state index < -0.39 is 37.3 Å². The smallest absolute Gasteiger partial charge is 0.229 e. The Bertz CT molecular complexity index is 1060. The van der Waals surface area contributed by atoms with E-state index >= 15 is 0 Å². The molecule has 1 aliphatic heterocycles. The quantitative estimate of drug-likeness (QED) is 0.330. The van der Waals surface area contributed by atoms with Crippen LogP contribution in [0.5, 0.6) is 11.5 Å². The summed E-state index contributed by atoms with van der Waals surface area (Å²) in [5.41, 5.74) is 2.40. The van der Waals surface area contributed by atoms with E-state index in [4.69, 9.17) is 14.2 Å². The Morgan fingerprint density at radius 3 is 2.53 bits per heavy atom. The van der Waals surface area contributed by atoms with Crippen molar-refractivity contribution in [3.05, 3.63) is 47.7 Å². The van der Waals surface area contributed by atoms with Gasteiger partial charge in [0.1, 0.15) is 35.9 Å². The molecule has 1 aliphatic rings. The van der Waals surface area contributed by atoms with Crippen LogP contribution >= 0.6 is 11.8 Å². The average Bonchev–Trinajstić information content (AvgIpc) is 3.21. The number of aromatic amines is 1. The van der Waals surface area contributed by atoms with Gasteiger partial charge in [-0.1, -0.05) is 0 Å². The van der Waals surface area contributed by atoms with Gasteiger partial charge in [0.2, 0.25) is 6.29 Å². The number of fused-ring (bicyclic) bond motifs is 1. The van der Waals surface area contributed by atoms with E-state index in [1.54, 1.807) is 24.9 Å². The van der Waals surface area contributed by atoms with Crippen LogP contribution in [0.1, 0.15) is 11.3 Å². The van der Waals surface area contributed by atoms with Crippen molar-refractivity contribution in [3.8, 4) is 11.5 Å². The summed E-state index contributed by atoms with van der Waals surface area (Å²) in [7, 11) is 1.62. The number of aromatic nitrogens is 2. The highest BCUT2D eigenvalue weighted by atomic mass is 32.2. The zero-order valence-corrected chi connectivity index (χ0v) is 18.5. The number of benzene rings is 2. The number of nitrogens with one attached hydrogen (secondary N) is 1. The molecule has 2 aromatic carbocycles. The maximum absolute atomic E-state index is 10.4. The third-order valence-corrected chi connectivity index (χ3v) is 6.41. The molecular formula is C22H26N2O7S. The van der Waals surface area contributed by atoms with Crippen molar-refractivity contribution < 1.29 is 34.6 Å². The van der Waals surface area contributed by atoms with Crippen molar-refractivity contribution >= 4 is 22.7 Å². The van der Waals surface area contributed by atoms with E-state index in [2.05, 4.69) is 10.2 Å². The summed E-state index contributed by atoms with van der Waals surface area (Å²) < 4.78 is 16.7. The second kappa shape index (κ2) is 9.65. The van der Waals surface area contributed by atoms with Crippen LogP contribution in [0.4, 0.5) is 0 Å². The van der Waals surface area contributed by atoms with Crippen molar-refractivity contribution in [2.75, 3.05) is 13.7 Å². The van der Waals surface area contributed by atoms with Crippen molar-refractivity contribution in [2.45, 2.75) is 48.3 Å². The van der Waals surface area contributed by atoms with E-state index in [1.807, 2.05) is 37.3 Å². The van der Waals surface area contributed by atoms with Crippen LogP contribution in [0.15, 0.2) is 41.3 Å². The molecule has 1 aromatic heterocycles. The molecule has 0 spiro atoms. The van der Waals surface area contributed by atoms with Crippen molar-refractivity contribution in [2.24, 2.45) is 0 Å². The Morgan fingerprint density at radius 1 is 1.09 bits per heavy atom. The lowest BCUT2D eigenvalue weighted by Gasteiger charge is -2.39. The Hall–Kier alpha value is -2.34. The fourth-order valence-corrected chi connectivity index (χ4v) is 4.47. The standard InChI is InChI=1S/C22H26N2O7S/c1-11-7-14-18(15(24-23-14)10-32-13-5-3-12(29-2)4-6-13)16(8-11)30-22-21(28)20(27)19(26)17(9-25)31-22/h3-8,17,19-22,25-28H,9-10H2,1-2H3,(H,23,24)/t17-,19-,20+,21-,22-/m1/s1. The summed E-state index contributed by atoms with van der Waals surface area (Å²) in [5.74, 6) is 1.78. The normalized spacial score (nSPS) is 25.8. The van der Waals surface area contributed by atoms with E-state index in [-0.39, 0.29) is 0 Å². The van der Waals surface area contributed by atoms with Gasteiger partial charge in [-0.2, -0.15) is 5.10 Å². The summed E-state index contributed by atoms with van der Waals surface area (Å²) in [6, 6.07) is 11.4. The summed E-state index contributed by atoms with van der Waals surface area (Å²) >= 11 is 1.61. The first-order chi connectivity index (χ1) is 15.4. The van der Waals surface area contributed by atoms with Crippen LogP contribution in [-0.2, 0) is 10.5 Å². The van der Waals surface area contributed by atoms with E-state index in [0.717, 1.165) is 27.3 Å². The fourth-order valence-electron chi connectivity index (χ4n) is 3.62. The molecule has 0 unspecified atom stereocenters. The van der Waals surface area contributed by atoms with Gasteiger partial charge in [0.15, 0.2) is 0 Å². The van der Waals surface area contributed by atoms with Crippen LogP contribution in [0.25, 0.3) is 10.9 Å². The van der Waals surface area contributed by atoms with Crippen molar-refractivity contribution in [3.63, 3.8) is 0 Å². The topological polar surface area (TPSA) is 137 Å². The molecule has 0 bridgehead atoms. The van der Waals surface area contributed by atoms with Crippen molar-refractivity contribution in [1.29, 1.82) is 0 Å². The van der Waals surface area contributed by atoms with E-state index in [1.165, 1.54) is 0 Å². The Labute approximate surface area is 188 Å². The maximum atomic E-state index is 10.4. The number of nitrogens with zero attached hydrogens (tertiary/aromatic N) is 1. The van der Waals surface area contributed by atoms with Crippen LogP contribution in [0, 0.1) is 6.92 Å². The minimum absolute atomic E-state index is 0.420. The number of thioether (sulfide) groups is 1. The molecule has 32 heavy (non-hydrogen) atoms. The first-order valence-corrected chi connectivity index (χ1v) is 11.1. The maximum Gasteiger partial charge on any atom is 0.229 e. The molecule has 0 aliphatic carbocycles. The third kappa shape index (κ3) is 4.56. The summed E-state index contributed by atoms with van der Waals surface area (Å²) in [6.07, 6.45) is -6.77. The summed E-state index contributed by atoms with van der Waals surface area (Å²) in [6.45, 7) is 1.36. The number of aryl methyl sites for hydroxylation is 1. The molecule has 5 atom stereocenters. The second-order valence-electron chi connectivity index (χ2n) is 7.64. The van der Waals surface area contributed by atoms with Gasteiger partial charge in [-0.3, -0.25) is 5.10 Å². The number of ether oxygens (including phenoxy) is 3. The Balaban J connectivity index is 1.59. The molecule has 5 N–H and O–H groups in total. The number of rotatable bonds is 7. The zero-order valence-electron chi connectivity index (χ0n) is 17.6. The van der Waals surface area contributed by atoms with Crippen LogP contribution in [0.2, 0.25) is 0 Å². The highest BCUT2D eigenvalue weighted by molar-refractivity contribution is 7.98. The first kappa shape index (κ1) is 22.8. The lowest BCUT2D eigenvalue weighted by molar-refractivity contribution is -0.277. The largest absolute Gasteiger partial charge is 0.497 e. The Kier molecular flexibility index (Phi) is 6.89. The van der Waals surface area contributed by atoms with Gasteiger partial charge in [-0.25, -0.2) is 0 Å². The molecule has 2 heterocycles. The van der Waals surface area contributed by atoms with Gasteiger partial charge >= 0.3 is 0 Å². The second-order valence-corrected chi connectivity index (χ2v) is 8.69. The molecule has 10 heteroatoms. The molecule has 1 saturated heterocycles. The number of aliphatic hydroxyl groups excluding tert-OH is 4. The molecule has 1 fully saturated rings. The minimum atomic E-state index is -1.51. The minimum Gasteiger partial charge on any atom is -0.497 e. The summed E-state index contributed by atoms with van der Waals surface area (Å²) in [5, 5.41) is 48.0. The van der Waals surface area contributed by atoms with Crippen LogP contribution in [0.3, 0.4) is 0 Å². The predicted octanol–water partition coefficient (Wildman–Crippen LogP) is 1.35. The average molecular weight is 463 g/mol. The molecule has 172 valence electrons. The van der Waals surface area contributed by atoms with Crippen LogP contribution < -0.4 is 9.47 Å². The molecule has 0 amide bonds. The van der Waals surface area contributed by atoms with Gasteiger partial charge in [0.25, 0.3) is 0 Å². The number of aliphatic hydroxyl groups is 4. The number of hydrogen-bond donors (Lipinski definition) is 5. The first-order valence-electron chi connectivity index (χ1n) is 10.1. The van der Waals surface area contributed by atoms with Gasteiger partial charge in [0, 0.05) is 10.6 Å². The molecule has 0 radical (unpaired) electrons. The highest BCUT2D eigenvalue weighted by Gasteiger charge is 2.44. The molecular weight excluding hydrogens is 436 g/mol. The SMILES string of the molecule is COc1ccc(SCc2[nH]nc3cc(C)cc(O[C@@H]4O[C@H](CO)[C@@H](O)[C@H](O)[C@H]4O)c23)cc1. The van der Waals surface area contributed by atoms with Gasteiger partial charge in [-0.15, -0.1) is 11.8 Å². The molecule has 9 nitrogen and oxygen atoms in total. The molecule has 4 rings (SSSR count). The van der Waals surface area contributed by atoms with Crippen LogP contribution in [-0.4, -0.2) is 75.0 Å². The molecule has 3 aromatic rings. The monoisotopic (exact) mass is 462 g/mol.